The van der Waals surface area contributed by atoms with Gasteiger partial charge in [-0.25, -0.2) is 9.97 Å². The van der Waals surface area contributed by atoms with Crippen molar-refractivity contribution in [3.63, 3.8) is 0 Å². The lowest BCUT2D eigenvalue weighted by Crippen LogP contribution is -2.60. The van der Waals surface area contributed by atoms with Crippen molar-refractivity contribution in [2.75, 3.05) is 5.32 Å². The highest BCUT2D eigenvalue weighted by Crippen LogP contribution is 2.32. The van der Waals surface area contributed by atoms with Gasteiger partial charge in [-0.15, -0.1) is 11.3 Å². The normalized spacial score (nSPS) is 19.0. The van der Waals surface area contributed by atoms with Crippen molar-refractivity contribution in [1.29, 1.82) is 0 Å². The molecule has 2 N–H and O–H groups in total. The standard InChI is InChI=1S/C21H30N4OS/c1-14-11-18(27-17(14)7-6-10-26)16-8-9-22-19(24-16)23-15-12-20(2,3)25-21(4,5)13-15/h8-11,15,25H,6-7,12-13H2,1-5H3,(H,22,23,24). The van der Waals surface area contributed by atoms with Crippen molar-refractivity contribution in [3.05, 3.63) is 28.8 Å². The predicted octanol–water partition coefficient (Wildman–Crippen LogP) is 4.37. The fourth-order valence-electron chi connectivity index (χ4n) is 4.26. The topological polar surface area (TPSA) is 66.9 Å². The molecule has 0 aromatic carbocycles. The van der Waals surface area contributed by atoms with Crippen LogP contribution in [0.25, 0.3) is 10.6 Å². The quantitative estimate of drug-likeness (QED) is 0.722. The molecule has 1 fully saturated rings. The summed E-state index contributed by atoms with van der Waals surface area (Å²) in [7, 11) is 0. The summed E-state index contributed by atoms with van der Waals surface area (Å²) in [6.07, 6.45) is 6.22. The van der Waals surface area contributed by atoms with Crippen molar-refractivity contribution in [2.45, 2.75) is 77.4 Å². The van der Waals surface area contributed by atoms with Crippen LogP contribution >= 0.6 is 11.3 Å². The third-order valence-electron chi connectivity index (χ3n) is 4.94. The lowest BCUT2D eigenvalue weighted by Gasteiger charge is -2.46. The fraction of sp³-hybridized carbons (Fsp3) is 0.571. The number of piperidine rings is 1. The van der Waals surface area contributed by atoms with E-state index in [0.29, 0.717) is 18.4 Å². The minimum absolute atomic E-state index is 0.0787. The molecule has 1 aliphatic heterocycles. The van der Waals surface area contributed by atoms with Crippen LogP contribution in [-0.2, 0) is 11.2 Å². The van der Waals surface area contributed by atoms with Gasteiger partial charge in [0.25, 0.3) is 0 Å². The van der Waals surface area contributed by atoms with Gasteiger partial charge in [0.2, 0.25) is 5.95 Å². The SMILES string of the molecule is Cc1cc(-c2ccnc(NC3CC(C)(C)NC(C)(C)C3)n2)sc1CCC=O. The van der Waals surface area contributed by atoms with Gasteiger partial charge in [0.1, 0.15) is 6.29 Å². The molecule has 6 heteroatoms. The van der Waals surface area contributed by atoms with Crippen LogP contribution in [0.4, 0.5) is 5.95 Å². The van der Waals surface area contributed by atoms with Gasteiger partial charge in [-0.2, -0.15) is 0 Å². The second-order valence-corrected chi connectivity index (χ2v) is 9.97. The first-order chi connectivity index (χ1) is 12.7. The number of hydrogen-bond acceptors (Lipinski definition) is 6. The van der Waals surface area contributed by atoms with E-state index >= 15 is 0 Å². The molecular weight excluding hydrogens is 356 g/mol. The van der Waals surface area contributed by atoms with Gasteiger partial charge in [0.05, 0.1) is 10.6 Å². The summed E-state index contributed by atoms with van der Waals surface area (Å²) in [5.74, 6) is 0.687. The maximum atomic E-state index is 10.7. The fourth-order valence-corrected chi connectivity index (χ4v) is 5.42. The molecule has 2 aromatic heterocycles. The molecule has 1 aliphatic rings. The van der Waals surface area contributed by atoms with E-state index in [1.54, 1.807) is 11.3 Å². The number of aldehydes is 1. The molecule has 0 amide bonds. The molecule has 0 spiro atoms. The number of thiophene rings is 1. The van der Waals surface area contributed by atoms with Crippen LogP contribution in [0.5, 0.6) is 0 Å². The first-order valence-corrected chi connectivity index (χ1v) is 10.4. The maximum Gasteiger partial charge on any atom is 0.223 e. The molecule has 0 aliphatic carbocycles. The summed E-state index contributed by atoms with van der Waals surface area (Å²) >= 11 is 1.72. The number of rotatable bonds is 6. The van der Waals surface area contributed by atoms with Crippen LogP contribution in [0.15, 0.2) is 18.3 Å². The van der Waals surface area contributed by atoms with Crippen molar-refractivity contribution in [1.82, 2.24) is 15.3 Å². The van der Waals surface area contributed by atoms with E-state index < -0.39 is 0 Å². The van der Waals surface area contributed by atoms with Gasteiger partial charge in [-0.1, -0.05) is 0 Å². The number of anilines is 1. The molecule has 146 valence electrons. The van der Waals surface area contributed by atoms with Crippen LogP contribution in [0.3, 0.4) is 0 Å². The Hall–Kier alpha value is -1.79. The van der Waals surface area contributed by atoms with Crippen LogP contribution in [0.2, 0.25) is 0 Å². The van der Waals surface area contributed by atoms with Crippen molar-refractivity contribution >= 4 is 23.6 Å². The van der Waals surface area contributed by atoms with E-state index in [4.69, 9.17) is 4.98 Å². The number of aryl methyl sites for hydroxylation is 2. The Morgan fingerprint density at radius 1 is 1.30 bits per heavy atom. The number of nitrogens with one attached hydrogen (secondary N) is 2. The Morgan fingerprint density at radius 3 is 2.67 bits per heavy atom. The monoisotopic (exact) mass is 386 g/mol. The average molecular weight is 387 g/mol. The van der Waals surface area contributed by atoms with Gasteiger partial charge in [-0.05, 0) is 71.6 Å². The summed E-state index contributed by atoms with van der Waals surface area (Å²) in [6, 6.07) is 4.45. The maximum absolute atomic E-state index is 10.7. The molecule has 5 nitrogen and oxygen atoms in total. The third kappa shape index (κ3) is 5.14. The minimum Gasteiger partial charge on any atom is -0.351 e. The summed E-state index contributed by atoms with van der Waals surface area (Å²) < 4.78 is 0. The highest BCUT2D eigenvalue weighted by molar-refractivity contribution is 7.15. The van der Waals surface area contributed by atoms with Gasteiger partial charge in [0.15, 0.2) is 0 Å². The summed E-state index contributed by atoms with van der Waals surface area (Å²) in [5.41, 5.74) is 2.32. The second-order valence-electron chi connectivity index (χ2n) is 8.83. The highest BCUT2D eigenvalue weighted by Gasteiger charge is 2.37. The summed E-state index contributed by atoms with van der Waals surface area (Å²) in [5, 5.41) is 7.26. The zero-order chi connectivity index (χ0) is 19.7. The molecule has 0 radical (unpaired) electrons. The minimum atomic E-state index is 0.0787. The first-order valence-electron chi connectivity index (χ1n) is 9.60. The molecule has 0 saturated carbocycles. The molecule has 1 saturated heterocycles. The van der Waals surface area contributed by atoms with Crippen LogP contribution < -0.4 is 10.6 Å². The summed E-state index contributed by atoms with van der Waals surface area (Å²) in [4.78, 5) is 22.3. The number of nitrogens with zero attached hydrogens (tertiary/aromatic N) is 2. The van der Waals surface area contributed by atoms with E-state index in [0.717, 1.165) is 36.1 Å². The van der Waals surface area contributed by atoms with Crippen molar-refractivity contribution < 1.29 is 4.79 Å². The number of hydrogen-bond donors (Lipinski definition) is 2. The lowest BCUT2D eigenvalue weighted by molar-refractivity contribution is -0.107. The molecule has 3 heterocycles. The zero-order valence-electron chi connectivity index (χ0n) is 16.9. The highest BCUT2D eigenvalue weighted by atomic mass is 32.1. The van der Waals surface area contributed by atoms with E-state index in [9.17, 15) is 4.79 Å². The van der Waals surface area contributed by atoms with Crippen LogP contribution in [0.1, 0.15) is 57.4 Å². The smallest absolute Gasteiger partial charge is 0.223 e. The van der Waals surface area contributed by atoms with Crippen LogP contribution in [0, 0.1) is 6.92 Å². The molecule has 0 bridgehead atoms. The largest absolute Gasteiger partial charge is 0.351 e. The molecule has 3 rings (SSSR count). The van der Waals surface area contributed by atoms with E-state index in [2.05, 4.69) is 56.3 Å². The molecule has 2 aromatic rings. The Kier molecular flexibility index (Phi) is 5.68. The third-order valence-corrected chi connectivity index (χ3v) is 6.26. The lowest BCUT2D eigenvalue weighted by atomic mass is 9.80. The van der Waals surface area contributed by atoms with E-state index in [1.165, 1.54) is 10.4 Å². The molecule has 0 unspecified atom stereocenters. The van der Waals surface area contributed by atoms with E-state index in [-0.39, 0.29) is 11.1 Å². The Morgan fingerprint density at radius 2 is 2.00 bits per heavy atom. The van der Waals surface area contributed by atoms with Crippen molar-refractivity contribution in [2.24, 2.45) is 0 Å². The molecule has 0 atom stereocenters. The van der Waals surface area contributed by atoms with Gasteiger partial charge >= 0.3 is 0 Å². The Balaban J connectivity index is 1.77. The number of aromatic nitrogens is 2. The first kappa shape index (κ1) is 20.0. The summed E-state index contributed by atoms with van der Waals surface area (Å²) in [6.45, 7) is 11.1. The van der Waals surface area contributed by atoms with Crippen molar-refractivity contribution in [3.8, 4) is 10.6 Å². The Bertz CT molecular complexity index is 796. The second kappa shape index (κ2) is 7.68. The van der Waals surface area contributed by atoms with Gasteiger partial charge in [-0.3, -0.25) is 0 Å². The average Bonchev–Trinajstić information content (AvgIpc) is 2.91. The van der Waals surface area contributed by atoms with Gasteiger partial charge in [0, 0.05) is 34.6 Å². The number of carbonyl (C=O) groups is 1. The molecule has 27 heavy (non-hydrogen) atoms. The van der Waals surface area contributed by atoms with Gasteiger partial charge < -0.3 is 15.4 Å². The predicted molar refractivity (Wildman–Crippen MR) is 112 cm³/mol. The van der Waals surface area contributed by atoms with Crippen LogP contribution in [-0.4, -0.2) is 33.4 Å². The number of carbonyl (C=O) groups excluding carboxylic acids is 1. The zero-order valence-corrected chi connectivity index (χ0v) is 17.7. The van der Waals surface area contributed by atoms with E-state index in [1.807, 2.05) is 12.3 Å². The Labute approximate surface area is 166 Å². The molecular formula is C21H30N4OS.